The molecule has 0 aliphatic carbocycles. The maximum absolute atomic E-state index is 12.4. The highest BCUT2D eigenvalue weighted by Crippen LogP contribution is 2.44. The number of pyridine rings is 2. The van der Waals surface area contributed by atoms with Gasteiger partial charge in [0.1, 0.15) is 17.5 Å². The summed E-state index contributed by atoms with van der Waals surface area (Å²) >= 11 is 0. The Kier molecular flexibility index (Phi) is 6.79. The maximum atomic E-state index is 12.4. The van der Waals surface area contributed by atoms with Crippen molar-refractivity contribution in [1.82, 2.24) is 19.8 Å². The highest BCUT2D eigenvalue weighted by molar-refractivity contribution is 5.74. The fraction of sp³-hybridized carbons (Fsp3) is 0.621. The predicted octanol–water partition coefficient (Wildman–Crippen LogP) is 4.23. The maximum Gasteiger partial charge on any atom is 0.410 e. The van der Waals surface area contributed by atoms with Gasteiger partial charge in [0.2, 0.25) is 0 Å². The molecule has 1 N–H and O–H groups in total. The molecule has 1 amide bonds. The molecule has 6 heterocycles. The van der Waals surface area contributed by atoms with Gasteiger partial charge in [-0.2, -0.15) is 0 Å². The Bertz CT molecular complexity index is 1240. The molecule has 10 nitrogen and oxygen atoms in total. The Morgan fingerprint density at radius 1 is 1.15 bits per heavy atom. The van der Waals surface area contributed by atoms with E-state index >= 15 is 0 Å². The minimum atomic E-state index is -0.467. The molecule has 2 atom stereocenters. The van der Waals surface area contributed by atoms with Crippen molar-refractivity contribution in [2.24, 2.45) is 0 Å². The number of carbonyl (C=O) groups is 1. The number of amides is 1. The van der Waals surface area contributed by atoms with Crippen LogP contribution in [0.25, 0.3) is 0 Å². The lowest BCUT2D eigenvalue weighted by Gasteiger charge is -2.44. The smallest absolute Gasteiger partial charge is 0.410 e. The van der Waals surface area contributed by atoms with Crippen LogP contribution in [0.2, 0.25) is 0 Å². The minimum Gasteiger partial charge on any atom is -0.482 e. The number of hydrogen-bond donors (Lipinski definition) is 1. The average Bonchev–Trinajstić information content (AvgIpc) is 3.28. The van der Waals surface area contributed by atoms with E-state index in [0.717, 1.165) is 98.8 Å². The van der Waals surface area contributed by atoms with Crippen molar-refractivity contribution in [3.05, 3.63) is 35.3 Å². The molecule has 2 aromatic heterocycles. The van der Waals surface area contributed by atoms with E-state index in [1.807, 2.05) is 33.9 Å². The molecule has 6 rings (SSSR count). The van der Waals surface area contributed by atoms with E-state index in [0.29, 0.717) is 12.0 Å². The van der Waals surface area contributed by atoms with Gasteiger partial charge in [0.15, 0.2) is 5.75 Å². The Balaban J connectivity index is 1.17. The van der Waals surface area contributed by atoms with E-state index in [4.69, 9.17) is 24.2 Å². The first-order valence-electron chi connectivity index (χ1n) is 14.1. The van der Waals surface area contributed by atoms with Crippen LogP contribution >= 0.6 is 0 Å². The van der Waals surface area contributed by atoms with Crippen molar-refractivity contribution in [2.75, 3.05) is 62.7 Å². The van der Waals surface area contributed by atoms with Crippen molar-refractivity contribution < 1.29 is 19.0 Å². The van der Waals surface area contributed by atoms with Gasteiger partial charge in [-0.05, 0) is 59.7 Å². The molecule has 4 aliphatic heterocycles. The van der Waals surface area contributed by atoms with Crippen LogP contribution in [-0.2, 0) is 9.47 Å². The topological polar surface area (TPSA) is 92.3 Å². The third-order valence-electron chi connectivity index (χ3n) is 8.10. The zero-order chi connectivity index (χ0) is 27.3. The second-order valence-corrected chi connectivity index (χ2v) is 12.1. The van der Waals surface area contributed by atoms with Crippen molar-refractivity contribution in [1.29, 1.82) is 0 Å². The number of aromatic nitrogens is 2. The second kappa shape index (κ2) is 10.1. The number of nitrogens with one attached hydrogen (secondary N) is 1. The standard InChI is InChI=1S/C29H40N6O4/c1-18-26-23(32-27-25(19(2)38-26)24(6-8-30-27)33-10-12-37-13-11-33)14-22(31-18)20-7-9-34(15-20)21-16-35(17-21)28(36)39-29(3,4)5/h6,8,14,19-21H,7,9-13,15-17H2,1-5H3,(H,30,32). The van der Waals surface area contributed by atoms with E-state index in [-0.39, 0.29) is 12.2 Å². The summed E-state index contributed by atoms with van der Waals surface area (Å²) in [5.74, 6) is 1.96. The largest absolute Gasteiger partial charge is 0.482 e. The van der Waals surface area contributed by atoms with Gasteiger partial charge in [-0.15, -0.1) is 0 Å². The monoisotopic (exact) mass is 536 g/mol. The summed E-state index contributed by atoms with van der Waals surface area (Å²) in [6, 6.07) is 4.60. The number of likely N-dealkylation sites (tertiary alicyclic amines) is 2. The normalized spacial score (nSPS) is 23.7. The first-order valence-corrected chi connectivity index (χ1v) is 14.1. The molecule has 4 aliphatic rings. The van der Waals surface area contributed by atoms with Crippen LogP contribution in [0.5, 0.6) is 5.75 Å². The quantitative estimate of drug-likeness (QED) is 0.619. The molecular formula is C29H40N6O4. The zero-order valence-corrected chi connectivity index (χ0v) is 23.7. The molecule has 2 unspecified atom stereocenters. The fourth-order valence-corrected chi connectivity index (χ4v) is 6.06. The molecule has 210 valence electrons. The lowest BCUT2D eigenvalue weighted by molar-refractivity contribution is -0.0114. The van der Waals surface area contributed by atoms with E-state index in [1.165, 1.54) is 0 Å². The molecule has 3 saturated heterocycles. The van der Waals surface area contributed by atoms with Gasteiger partial charge in [0, 0.05) is 62.3 Å². The highest BCUT2D eigenvalue weighted by atomic mass is 16.6. The molecule has 39 heavy (non-hydrogen) atoms. The number of ether oxygens (including phenoxy) is 3. The molecule has 0 bridgehead atoms. The van der Waals surface area contributed by atoms with Crippen LogP contribution in [0.15, 0.2) is 18.3 Å². The van der Waals surface area contributed by atoms with Crippen LogP contribution < -0.4 is 15.0 Å². The summed E-state index contributed by atoms with van der Waals surface area (Å²) in [6.45, 7) is 16.4. The van der Waals surface area contributed by atoms with Crippen molar-refractivity contribution in [3.8, 4) is 5.75 Å². The molecule has 0 radical (unpaired) electrons. The summed E-state index contributed by atoms with van der Waals surface area (Å²) < 4.78 is 17.6. The molecule has 3 fully saturated rings. The Hall–Kier alpha value is -3.11. The van der Waals surface area contributed by atoms with Gasteiger partial charge in [-0.1, -0.05) is 0 Å². The van der Waals surface area contributed by atoms with Gasteiger partial charge < -0.3 is 29.3 Å². The number of carbonyl (C=O) groups excluding carboxylic acids is 1. The lowest BCUT2D eigenvalue weighted by Crippen LogP contribution is -2.61. The summed E-state index contributed by atoms with van der Waals surface area (Å²) in [5, 5.41) is 3.61. The Morgan fingerprint density at radius 2 is 1.92 bits per heavy atom. The van der Waals surface area contributed by atoms with Gasteiger partial charge in [0.25, 0.3) is 0 Å². The first-order chi connectivity index (χ1) is 18.7. The molecule has 0 saturated carbocycles. The van der Waals surface area contributed by atoms with Crippen LogP contribution in [0.4, 0.5) is 22.0 Å². The van der Waals surface area contributed by atoms with E-state index < -0.39 is 5.60 Å². The Morgan fingerprint density at radius 3 is 2.67 bits per heavy atom. The van der Waals surface area contributed by atoms with Crippen LogP contribution in [-0.4, -0.2) is 90.0 Å². The molecular weight excluding hydrogens is 496 g/mol. The number of nitrogens with zero attached hydrogens (tertiary/aromatic N) is 5. The van der Waals surface area contributed by atoms with E-state index in [1.54, 1.807) is 4.90 Å². The van der Waals surface area contributed by atoms with Crippen LogP contribution in [0.3, 0.4) is 0 Å². The molecule has 0 aromatic carbocycles. The number of fused-ring (bicyclic) bond motifs is 2. The first kappa shape index (κ1) is 26.1. The third kappa shape index (κ3) is 5.24. The molecule has 2 aromatic rings. The molecule has 0 spiro atoms. The summed E-state index contributed by atoms with van der Waals surface area (Å²) in [7, 11) is 0. The molecule has 10 heteroatoms. The number of rotatable bonds is 3. The number of morpholine rings is 1. The predicted molar refractivity (Wildman–Crippen MR) is 149 cm³/mol. The average molecular weight is 537 g/mol. The zero-order valence-electron chi connectivity index (χ0n) is 23.7. The summed E-state index contributed by atoms with van der Waals surface area (Å²) in [5.41, 5.74) is 4.64. The van der Waals surface area contributed by atoms with E-state index in [9.17, 15) is 4.79 Å². The van der Waals surface area contributed by atoms with Crippen molar-refractivity contribution >= 4 is 23.3 Å². The third-order valence-corrected chi connectivity index (χ3v) is 8.10. The van der Waals surface area contributed by atoms with Gasteiger partial charge in [-0.3, -0.25) is 9.88 Å². The Labute approximate surface area is 230 Å². The van der Waals surface area contributed by atoms with Crippen molar-refractivity contribution in [2.45, 2.75) is 64.7 Å². The van der Waals surface area contributed by atoms with Crippen molar-refractivity contribution in [3.63, 3.8) is 0 Å². The van der Waals surface area contributed by atoms with E-state index in [2.05, 4.69) is 34.2 Å². The number of anilines is 3. The van der Waals surface area contributed by atoms with Crippen LogP contribution in [0, 0.1) is 6.92 Å². The van der Waals surface area contributed by atoms with Gasteiger partial charge >= 0.3 is 6.09 Å². The lowest BCUT2D eigenvalue weighted by atomic mass is 10.0. The van der Waals surface area contributed by atoms with Gasteiger partial charge in [-0.25, -0.2) is 9.78 Å². The van der Waals surface area contributed by atoms with Crippen LogP contribution in [0.1, 0.15) is 63.1 Å². The summed E-state index contributed by atoms with van der Waals surface area (Å²) in [6.07, 6.45) is 2.53. The number of hydrogen-bond acceptors (Lipinski definition) is 9. The highest BCUT2D eigenvalue weighted by Gasteiger charge is 2.40. The van der Waals surface area contributed by atoms with Gasteiger partial charge in [0.05, 0.1) is 30.2 Å². The minimum absolute atomic E-state index is 0.167. The second-order valence-electron chi connectivity index (χ2n) is 12.1. The fourth-order valence-electron chi connectivity index (χ4n) is 6.06. The number of aryl methyl sites for hydroxylation is 1. The summed E-state index contributed by atoms with van der Waals surface area (Å²) in [4.78, 5) is 28.7. The SMILES string of the molecule is Cc1nc(C2CCN(C3CN(C(=O)OC(C)(C)C)C3)C2)cc2c1OC(C)c1c(N3CCOCC3)ccnc1N2.